The number of amides is 1. The molecule has 0 fully saturated rings. The zero-order valence-electron chi connectivity index (χ0n) is 17.7. The minimum absolute atomic E-state index is 0.0430. The van der Waals surface area contributed by atoms with Crippen LogP contribution < -0.4 is 15.2 Å². The predicted octanol–water partition coefficient (Wildman–Crippen LogP) is 1.71. The standard InChI is InChI=1S/C19H22N6O5S3/c1-3-25-18(13-4-6-15(7-5-13)24-32(2,27)28)22-23-19(25)31-12-17(26)21-14-8-10-16(11-9-14)33(20,29)30/h4-11,24H,3,12H2,1-2H3,(H,21,26)(H2,20,29,30). The molecule has 0 aliphatic heterocycles. The topological polar surface area (TPSA) is 166 Å². The molecule has 0 atom stereocenters. The number of thioether (sulfide) groups is 1. The Balaban J connectivity index is 1.66. The van der Waals surface area contributed by atoms with E-state index in [1.165, 1.54) is 36.0 Å². The third-order valence-corrected chi connectivity index (χ3v) is 6.78. The highest BCUT2D eigenvalue weighted by atomic mass is 32.2. The monoisotopic (exact) mass is 510 g/mol. The molecule has 0 aliphatic carbocycles. The van der Waals surface area contributed by atoms with Gasteiger partial charge in [0.2, 0.25) is 26.0 Å². The molecule has 2 aromatic carbocycles. The lowest BCUT2D eigenvalue weighted by Crippen LogP contribution is -2.15. The van der Waals surface area contributed by atoms with Gasteiger partial charge in [-0.05, 0) is 55.5 Å². The van der Waals surface area contributed by atoms with E-state index in [0.29, 0.717) is 28.9 Å². The molecule has 1 aromatic heterocycles. The summed E-state index contributed by atoms with van der Waals surface area (Å²) in [5, 5.41) is 16.7. The van der Waals surface area contributed by atoms with Crippen molar-refractivity contribution in [1.29, 1.82) is 0 Å². The van der Waals surface area contributed by atoms with Crippen LogP contribution in [0.4, 0.5) is 11.4 Å². The third-order valence-electron chi connectivity index (χ3n) is 4.28. The van der Waals surface area contributed by atoms with Gasteiger partial charge >= 0.3 is 0 Å². The fourth-order valence-corrected chi connectivity index (χ4v) is 4.73. The van der Waals surface area contributed by atoms with Crippen LogP contribution in [0.3, 0.4) is 0 Å². The summed E-state index contributed by atoms with van der Waals surface area (Å²) in [6.07, 6.45) is 1.08. The van der Waals surface area contributed by atoms with Crippen LogP contribution in [0.2, 0.25) is 0 Å². The maximum Gasteiger partial charge on any atom is 0.238 e. The Morgan fingerprint density at radius 3 is 2.15 bits per heavy atom. The first kappa shape index (κ1) is 24.7. The van der Waals surface area contributed by atoms with E-state index in [1.807, 2.05) is 11.5 Å². The number of hydrogen-bond acceptors (Lipinski definition) is 8. The summed E-state index contributed by atoms with van der Waals surface area (Å²) >= 11 is 1.20. The van der Waals surface area contributed by atoms with Crippen LogP contribution >= 0.6 is 11.8 Å². The highest BCUT2D eigenvalue weighted by molar-refractivity contribution is 7.99. The van der Waals surface area contributed by atoms with Gasteiger partial charge in [0.15, 0.2) is 11.0 Å². The van der Waals surface area contributed by atoms with E-state index >= 15 is 0 Å². The summed E-state index contributed by atoms with van der Waals surface area (Å²) in [6, 6.07) is 12.3. The Labute approximate surface area is 195 Å². The fraction of sp³-hybridized carbons (Fsp3) is 0.211. The van der Waals surface area contributed by atoms with Crippen molar-refractivity contribution >= 4 is 49.1 Å². The number of nitrogens with zero attached hydrogens (tertiary/aromatic N) is 3. The van der Waals surface area contributed by atoms with Crippen LogP contribution in [0.5, 0.6) is 0 Å². The molecule has 3 aromatic rings. The van der Waals surface area contributed by atoms with Gasteiger partial charge in [0.25, 0.3) is 0 Å². The van der Waals surface area contributed by atoms with Gasteiger partial charge in [0, 0.05) is 23.5 Å². The lowest BCUT2D eigenvalue weighted by molar-refractivity contribution is -0.113. The normalized spacial score (nSPS) is 11.8. The largest absolute Gasteiger partial charge is 0.325 e. The first-order valence-electron chi connectivity index (χ1n) is 9.53. The Morgan fingerprint density at radius 2 is 1.61 bits per heavy atom. The molecule has 3 rings (SSSR count). The fourth-order valence-electron chi connectivity index (χ4n) is 2.85. The number of primary sulfonamides is 1. The molecule has 1 amide bonds. The van der Waals surface area contributed by atoms with Crippen molar-refractivity contribution in [3.8, 4) is 11.4 Å². The molecule has 14 heteroatoms. The molecule has 0 aliphatic rings. The Morgan fingerprint density at radius 1 is 1.00 bits per heavy atom. The lowest BCUT2D eigenvalue weighted by atomic mass is 10.2. The van der Waals surface area contributed by atoms with Crippen LogP contribution in [0.1, 0.15) is 6.92 Å². The van der Waals surface area contributed by atoms with Gasteiger partial charge in [-0.1, -0.05) is 11.8 Å². The molecule has 0 saturated heterocycles. The SMILES string of the molecule is CCn1c(SCC(=O)Nc2ccc(S(N)(=O)=O)cc2)nnc1-c1ccc(NS(C)(=O)=O)cc1. The number of aromatic nitrogens is 3. The molecule has 11 nitrogen and oxygen atoms in total. The van der Waals surface area contributed by atoms with Crippen molar-refractivity contribution in [1.82, 2.24) is 14.8 Å². The van der Waals surface area contributed by atoms with Gasteiger partial charge < -0.3 is 9.88 Å². The van der Waals surface area contributed by atoms with E-state index in [-0.39, 0.29) is 16.6 Å². The van der Waals surface area contributed by atoms with Crippen LogP contribution in [-0.4, -0.2) is 49.5 Å². The second-order valence-electron chi connectivity index (χ2n) is 6.91. The Bertz CT molecular complexity index is 1350. The van der Waals surface area contributed by atoms with Crippen LogP contribution in [0, 0.1) is 0 Å². The number of hydrogen-bond donors (Lipinski definition) is 3. The Hall–Kier alpha value is -2.94. The maximum atomic E-state index is 12.3. The van der Waals surface area contributed by atoms with E-state index in [4.69, 9.17) is 5.14 Å². The van der Waals surface area contributed by atoms with E-state index in [1.54, 1.807) is 24.3 Å². The highest BCUT2D eigenvalue weighted by Crippen LogP contribution is 2.25. The van der Waals surface area contributed by atoms with Gasteiger partial charge in [-0.25, -0.2) is 22.0 Å². The molecule has 0 unspecified atom stereocenters. The first-order valence-corrected chi connectivity index (χ1v) is 14.0. The number of rotatable bonds is 9. The highest BCUT2D eigenvalue weighted by Gasteiger charge is 2.15. The predicted molar refractivity (Wildman–Crippen MR) is 127 cm³/mol. The average molecular weight is 511 g/mol. The van der Waals surface area contributed by atoms with Crippen molar-refractivity contribution in [2.24, 2.45) is 5.14 Å². The van der Waals surface area contributed by atoms with Crippen molar-refractivity contribution in [2.75, 3.05) is 22.0 Å². The van der Waals surface area contributed by atoms with Crippen molar-refractivity contribution in [2.45, 2.75) is 23.5 Å². The second kappa shape index (κ2) is 9.91. The number of benzene rings is 2. The van der Waals surface area contributed by atoms with Crippen LogP contribution in [0.25, 0.3) is 11.4 Å². The summed E-state index contributed by atoms with van der Waals surface area (Å²) in [5.74, 6) is 0.350. The van der Waals surface area contributed by atoms with Gasteiger partial charge in [-0.2, -0.15) is 0 Å². The van der Waals surface area contributed by atoms with Crippen molar-refractivity contribution in [3.05, 3.63) is 48.5 Å². The maximum absolute atomic E-state index is 12.3. The molecule has 0 spiro atoms. The minimum atomic E-state index is -3.80. The van der Waals surface area contributed by atoms with Gasteiger partial charge in [-0.3, -0.25) is 9.52 Å². The number of anilines is 2. The summed E-state index contributed by atoms with van der Waals surface area (Å²) in [6.45, 7) is 2.48. The number of carbonyl (C=O) groups excluding carboxylic acids is 1. The number of sulfonamides is 2. The van der Waals surface area contributed by atoms with Gasteiger partial charge in [0.05, 0.1) is 16.9 Å². The third kappa shape index (κ3) is 6.77. The zero-order chi connectivity index (χ0) is 24.2. The molecular formula is C19H22N6O5S3. The smallest absolute Gasteiger partial charge is 0.238 e. The summed E-state index contributed by atoms with van der Waals surface area (Å²) in [7, 11) is -7.17. The van der Waals surface area contributed by atoms with E-state index in [0.717, 1.165) is 11.8 Å². The van der Waals surface area contributed by atoms with E-state index < -0.39 is 20.0 Å². The van der Waals surface area contributed by atoms with Crippen molar-refractivity contribution in [3.63, 3.8) is 0 Å². The summed E-state index contributed by atoms with van der Waals surface area (Å²) in [4.78, 5) is 12.3. The molecular weight excluding hydrogens is 488 g/mol. The van der Waals surface area contributed by atoms with Gasteiger partial charge in [-0.15, -0.1) is 10.2 Å². The van der Waals surface area contributed by atoms with Crippen molar-refractivity contribution < 1.29 is 21.6 Å². The quantitative estimate of drug-likeness (QED) is 0.366. The Kier molecular flexibility index (Phi) is 7.41. The number of nitrogens with one attached hydrogen (secondary N) is 2. The van der Waals surface area contributed by atoms with Gasteiger partial charge in [0.1, 0.15) is 0 Å². The molecule has 176 valence electrons. The van der Waals surface area contributed by atoms with Crippen LogP contribution in [0.15, 0.2) is 58.6 Å². The summed E-state index contributed by atoms with van der Waals surface area (Å²) < 4.78 is 49.6. The summed E-state index contributed by atoms with van der Waals surface area (Å²) in [5.41, 5.74) is 1.62. The number of nitrogens with two attached hydrogens (primary N) is 1. The zero-order valence-corrected chi connectivity index (χ0v) is 20.2. The molecule has 0 bridgehead atoms. The molecule has 1 heterocycles. The molecule has 0 radical (unpaired) electrons. The second-order valence-corrected chi connectivity index (χ2v) is 11.2. The van der Waals surface area contributed by atoms with E-state index in [9.17, 15) is 21.6 Å². The van der Waals surface area contributed by atoms with E-state index in [2.05, 4.69) is 20.2 Å². The molecule has 0 saturated carbocycles. The molecule has 4 N–H and O–H groups in total. The molecule has 33 heavy (non-hydrogen) atoms. The lowest BCUT2D eigenvalue weighted by Gasteiger charge is -2.09. The first-order chi connectivity index (χ1) is 15.5. The number of carbonyl (C=O) groups is 1. The average Bonchev–Trinajstić information content (AvgIpc) is 3.14. The van der Waals surface area contributed by atoms with Crippen LogP contribution in [-0.2, 0) is 31.4 Å². The minimum Gasteiger partial charge on any atom is -0.325 e.